The first-order valence-electron chi connectivity index (χ1n) is 9.77. The zero-order valence-electron chi connectivity index (χ0n) is 17.1. The lowest BCUT2D eigenvalue weighted by Gasteiger charge is -2.32. The summed E-state index contributed by atoms with van der Waals surface area (Å²) in [5.74, 6) is -0.317. The fourth-order valence-corrected chi connectivity index (χ4v) is 2.56. The van der Waals surface area contributed by atoms with E-state index in [9.17, 15) is 4.79 Å². The molecule has 1 saturated carbocycles. The lowest BCUT2D eigenvalue weighted by Crippen LogP contribution is -2.37. The second-order valence-electron chi connectivity index (χ2n) is 5.36. The third kappa shape index (κ3) is 15.0. The van der Waals surface area contributed by atoms with Gasteiger partial charge in [0, 0.05) is 6.54 Å². The van der Waals surface area contributed by atoms with Gasteiger partial charge < -0.3 is 20.1 Å². The predicted octanol–water partition coefficient (Wildman–Crippen LogP) is 3.75. The first-order valence-corrected chi connectivity index (χ1v) is 9.77. The van der Waals surface area contributed by atoms with Crippen molar-refractivity contribution in [3.8, 4) is 0 Å². The molecule has 1 aliphatic rings. The van der Waals surface area contributed by atoms with E-state index in [1.807, 2.05) is 27.7 Å². The van der Waals surface area contributed by atoms with Crippen molar-refractivity contribution >= 4 is 13.1 Å². The van der Waals surface area contributed by atoms with Crippen molar-refractivity contribution in [1.82, 2.24) is 4.90 Å². The first kappa shape index (κ1) is 28.2. The van der Waals surface area contributed by atoms with Gasteiger partial charge in [0.25, 0.3) is 0 Å². The van der Waals surface area contributed by atoms with Crippen LogP contribution in [0.15, 0.2) is 0 Å². The maximum atomic E-state index is 11.1. The van der Waals surface area contributed by atoms with Gasteiger partial charge in [0.05, 0.1) is 5.92 Å². The number of carbonyl (C=O) groups is 1. The Hall–Kier alpha value is -0.585. The van der Waals surface area contributed by atoms with Crippen molar-refractivity contribution in [1.29, 1.82) is 0 Å². The molecule has 2 atom stereocenters. The summed E-state index contributed by atoms with van der Waals surface area (Å²) in [4.78, 5) is 13.4. The summed E-state index contributed by atoms with van der Waals surface area (Å²) in [5.41, 5.74) is 0. The van der Waals surface area contributed by atoms with E-state index in [4.69, 9.17) is 15.2 Å². The fourth-order valence-electron chi connectivity index (χ4n) is 2.56. The van der Waals surface area contributed by atoms with Gasteiger partial charge in [0.15, 0.2) is 0 Å². The van der Waals surface area contributed by atoms with Gasteiger partial charge in [0.2, 0.25) is 0 Å². The molecule has 0 aromatic carbocycles. The highest BCUT2D eigenvalue weighted by Gasteiger charge is 2.31. The van der Waals surface area contributed by atoms with Crippen molar-refractivity contribution in [2.45, 2.75) is 80.5 Å². The van der Waals surface area contributed by atoms with Crippen LogP contribution < -0.4 is 0 Å². The van der Waals surface area contributed by atoms with E-state index in [2.05, 4.69) is 18.7 Å². The van der Waals surface area contributed by atoms with Gasteiger partial charge in [-0.3, -0.25) is 4.79 Å². The van der Waals surface area contributed by atoms with E-state index in [1.165, 1.54) is 6.42 Å². The summed E-state index contributed by atoms with van der Waals surface area (Å²) < 4.78 is 0. The highest BCUT2D eigenvalue weighted by Crippen LogP contribution is 2.30. The topological polar surface area (TPSA) is 81.0 Å². The van der Waals surface area contributed by atoms with Gasteiger partial charge in [-0.05, 0) is 38.2 Å². The highest BCUT2D eigenvalue weighted by atomic mass is 16.4. The van der Waals surface area contributed by atoms with Gasteiger partial charge in [-0.1, -0.05) is 61.3 Å². The van der Waals surface area contributed by atoms with Crippen LogP contribution in [0.25, 0.3) is 0 Å². The van der Waals surface area contributed by atoms with Crippen LogP contribution in [-0.4, -0.2) is 52.8 Å². The minimum atomic E-state index is -1.12. The van der Waals surface area contributed by atoms with Crippen LogP contribution in [0.5, 0.6) is 0 Å². The monoisotopic (exact) mass is 347 g/mol. The molecule has 146 valence electrons. The Balaban J connectivity index is -0.000000413. The molecule has 24 heavy (non-hydrogen) atoms. The van der Waals surface area contributed by atoms with Crippen LogP contribution in [0.1, 0.15) is 74.1 Å². The Morgan fingerprint density at radius 1 is 1.00 bits per heavy atom. The Morgan fingerprint density at radius 3 is 1.75 bits per heavy atom. The minimum Gasteiger partial charge on any atom is -0.481 e. The van der Waals surface area contributed by atoms with Crippen molar-refractivity contribution in [2.75, 3.05) is 19.6 Å². The number of carboxylic acids is 1. The fraction of sp³-hybridized carbons (Fsp3) is 0.944. The van der Waals surface area contributed by atoms with Crippen molar-refractivity contribution in [3.05, 3.63) is 0 Å². The lowest BCUT2D eigenvalue weighted by atomic mass is 9.79. The molecule has 0 heterocycles. The van der Waals surface area contributed by atoms with Crippen LogP contribution in [-0.2, 0) is 4.79 Å². The smallest absolute Gasteiger partial charge is 0.451 e. The summed E-state index contributed by atoms with van der Waals surface area (Å²) in [5, 5.41) is 25.0. The standard InChI is InChI=1S/C12H23NO2.C2H7BO2.2C2H6/c1-3-13(4-2)9-10-7-5-6-8-11(10)12(14)15;1-2-3(4)5;2*1-2/h10-11H,3-9H2,1-2H3,(H,14,15);4-5H,2H2,1H3;2*1-2H3/t10-,11-;;;/m0.../s1. The number of nitrogens with zero attached hydrogens (tertiary/aromatic N) is 1. The summed E-state index contributed by atoms with van der Waals surface area (Å²) in [6, 6.07) is 0. The molecular weight excluding hydrogens is 305 g/mol. The number of aliphatic carboxylic acids is 1. The van der Waals surface area contributed by atoms with E-state index < -0.39 is 13.1 Å². The molecule has 5 nitrogen and oxygen atoms in total. The third-order valence-corrected chi connectivity index (χ3v) is 3.98. The molecule has 0 aromatic heterocycles. The van der Waals surface area contributed by atoms with Gasteiger partial charge in [0.1, 0.15) is 0 Å². The number of rotatable bonds is 6. The quantitative estimate of drug-likeness (QED) is 0.638. The highest BCUT2D eigenvalue weighted by molar-refractivity contribution is 6.40. The van der Waals surface area contributed by atoms with E-state index in [0.29, 0.717) is 12.2 Å². The van der Waals surface area contributed by atoms with Gasteiger partial charge >= 0.3 is 13.1 Å². The number of hydrogen-bond acceptors (Lipinski definition) is 4. The molecule has 0 saturated heterocycles. The molecule has 0 unspecified atom stereocenters. The van der Waals surface area contributed by atoms with Crippen molar-refractivity contribution < 1.29 is 19.9 Å². The maximum Gasteiger partial charge on any atom is 0.451 e. The molecule has 6 heteroatoms. The van der Waals surface area contributed by atoms with Crippen LogP contribution in [0.4, 0.5) is 0 Å². The molecule has 1 aliphatic carbocycles. The second kappa shape index (κ2) is 20.5. The molecule has 1 fully saturated rings. The second-order valence-corrected chi connectivity index (χ2v) is 5.36. The summed E-state index contributed by atoms with van der Waals surface area (Å²) in [6.07, 6.45) is 4.68. The van der Waals surface area contributed by atoms with Crippen molar-refractivity contribution in [2.24, 2.45) is 11.8 Å². The van der Waals surface area contributed by atoms with Crippen LogP contribution >= 0.6 is 0 Å². The molecule has 0 aliphatic heterocycles. The SMILES string of the molecule is CC.CC.CCB(O)O.CCN(CC)C[C@@H]1CCCC[C@@H]1C(=O)O. The largest absolute Gasteiger partial charge is 0.481 e. The lowest BCUT2D eigenvalue weighted by molar-refractivity contribution is -0.145. The van der Waals surface area contributed by atoms with E-state index in [1.54, 1.807) is 6.92 Å². The average Bonchev–Trinajstić information content (AvgIpc) is 2.63. The summed E-state index contributed by atoms with van der Waals surface area (Å²) in [7, 11) is -1.12. The van der Waals surface area contributed by atoms with Crippen molar-refractivity contribution in [3.63, 3.8) is 0 Å². The van der Waals surface area contributed by atoms with Crippen LogP contribution in [0, 0.1) is 11.8 Å². The van der Waals surface area contributed by atoms with E-state index in [0.717, 1.165) is 38.9 Å². The normalized spacial score (nSPS) is 18.9. The zero-order valence-corrected chi connectivity index (χ0v) is 17.1. The molecule has 0 bridgehead atoms. The van der Waals surface area contributed by atoms with Gasteiger partial charge in [-0.25, -0.2) is 0 Å². The Bertz CT molecular complexity index is 261. The van der Waals surface area contributed by atoms with Crippen LogP contribution in [0.3, 0.4) is 0 Å². The molecule has 1 rings (SSSR count). The molecule has 3 N–H and O–H groups in total. The number of carboxylic acid groups (broad SMARTS) is 1. The van der Waals surface area contributed by atoms with E-state index >= 15 is 0 Å². The Morgan fingerprint density at radius 2 is 1.42 bits per heavy atom. The summed E-state index contributed by atoms with van der Waals surface area (Å²) in [6.45, 7) is 17.0. The first-order chi connectivity index (χ1) is 11.5. The summed E-state index contributed by atoms with van der Waals surface area (Å²) >= 11 is 0. The molecule has 0 spiro atoms. The van der Waals surface area contributed by atoms with Gasteiger partial charge in [-0.15, -0.1) is 0 Å². The zero-order chi connectivity index (χ0) is 19.5. The molecule has 0 radical (unpaired) electrons. The molecular formula is C18H42BNO4. The predicted molar refractivity (Wildman–Crippen MR) is 104 cm³/mol. The Kier molecular flexibility index (Phi) is 24.1. The molecule has 0 aromatic rings. The Labute approximate surface area is 150 Å². The minimum absolute atomic E-state index is 0.0978. The average molecular weight is 347 g/mol. The maximum absolute atomic E-state index is 11.1. The molecule has 0 amide bonds. The van der Waals surface area contributed by atoms with Crippen LogP contribution in [0.2, 0.25) is 6.32 Å². The van der Waals surface area contributed by atoms with E-state index in [-0.39, 0.29) is 5.92 Å². The van der Waals surface area contributed by atoms with Gasteiger partial charge in [-0.2, -0.15) is 0 Å². The number of hydrogen-bond donors (Lipinski definition) is 3. The third-order valence-electron chi connectivity index (χ3n) is 3.98.